The van der Waals surface area contributed by atoms with Crippen molar-refractivity contribution in [2.75, 3.05) is 6.61 Å². The molecule has 1 aliphatic heterocycles. The minimum Gasteiger partial charge on any atom is -0.422 e. The summed E-state index contributed by atoms with van der Waals surface area (Å²) in [4.78, 5) is 39.4. The Bertz CT molecular complexity index is 1550. The molecule has 0 amide bonds. The van der Waals surface area contributed by atoms with Gasteiger partial charge in [-0.2, -0.15) is 0 Å². The quantitative estimate of drug-likeness (QED) is 0.0925. The molecule has 15 nitrogen and oxygen atoms in total. The van der Waals surface area contributed by atoms with Crippen molar-refractivity contribution in [1.82, 2.24) is 9.55 Å². The van der Waals surface area contributed by atoms with E-state index >= 15 is 0 Å². The predicted molar refractivity (Wildman–Crippen MR) is 136 cm³/mol. The second-order valence-corrected chi connectivity index (χ2v) is 10.6. The summed E-state index contributed by atoms with van der Waals surface area (Å²) in [6, 6.07) is 11.8. The number of aromatic amines is 1. The molecule has 3 aromatic rings. The normalized spacial score (nSPS) is 20.9. The van der Waals surface area contributed by atoms with Gasteiger partial charge in [0.25, 0.3) is 11.2 Å². The number of non-ortho nitro benzene ring substituents is 1. The van der Waals surface area contributed by atoms with Crippen LogP contribution in [0.4, 0.5) is 5.69 Å². The Morgan fingerprint density at radius 2 is 1.97 bits per heavy atom. The van der Waals surface area contributed by atoms with Crippen molar-refractivity contribution in [2.24, 2.45) is 5.11 Å². The van der Waals surface area contributed by atoms with Gasteiger partial charge < -0.3 is 14.4 Å². The number of aryl methyl sites for hydroxylation is 1. The van der Waals surface area contributed by atoms with Crippen LogP contribution in [0.25, 0.3) is 10.4 Å². The molecule has 39 heavy (non-hydrogen) atoms. The summed E-state index contributed by atoms with van der Waals surface area (Å²) >= 11 is 0. The number of aliphatic hydroxyl groups is 1. The Balaban J connectivity index is 1.60. The maximum atomic E-state index is 13.9. The summed E-state index contributed by atoms with van der Waals surface area (Å²) in [6.07, 6.45) is -0.602. The van der Waals surface area contributed by atoms with Gasteiger partial charge in [-0.1, -0.05) is 23.3 Å². The van der Waals surface area contributed by atoms with Crippen molar-refractivity contribution in [3.63, 3.8) is 0 Å². The molecule has 0 bridgehead atoms. The Morgan fingerprint density at radius 1 is 1.28 bits per heavy atom. The molecule has 1 saturated heterocycles. The van der Waals surface area contributed by atoms with Crippen LogP contribution in [0, 0.1) is 17.0 Å². The number of nitrogens with one attached hydrogen (secondary N) is 1. The molecule has 0 aliphatic carbocycles. The Hall–Kier alpha value is -4.26. The fourth-order valence-electron chi connectivity index (χ4n) is 3.93. The number of benzene rings is 2. The van der Waals surface area contributed by atoms with Gasteiger partial charge in [-0.25, -0.2) is 9.36 Å². The lowest BCUT2D eigenvalue weighted by atomic mass is 10.1. The monoisotopic (exact) mass is 558 g/mol. The zero-order chi connectivity index (χ0) is 28.2. The number of nitro groups is 1. The average Bonchev–Trinajstić information content (AvgIpc) is 3.32. The number of rotatable bonds is 10. The van der Waals surface area contributed by atoms with Gasteiger partial charge in [0.2, 0.25) is 0 Å². The molecule has 2 aromatic carbocycles. The summed E-state index contributed by atoms with van der Waals surface area (Å²) in [5, 5.41) is 25.7. The van der Waals surface area contributed by atoms with Gasteiger partial charge in [-0.3, -0.25) is 29.0 Å². The minimum atomic E-state index is -4.45. The van der Waals surface area contributed by atoms with E-state index in [-0.39, 0.29) is 29.0 Å². The molecule has 1 aromatic heterocycles. The number of hydrogen-bond acceptors (Lipinski definition) is 10. The SMILES string of the molecule is Cc1cn([C@H]2C[C@H](N=[N+]=[N-])[C@@H](COP(=O)(Oc3ccccc3)C(O)c3ccc([N+](=O)[O-])cc3)O2)c(=O)[nH]c1=O. The van der Waals surface area contributed by atoms with Gasteiger partial charge in [-0.05, 0) is 42.3 Å². The second kappa shape index (κ2) is 11.6. The fourth-order valence-corrected chi connectivity index (χ4v) is 5.53. The summed E-state index contributed by atoms with van der Waals surface area (Å²) < 4.78 is 32.2. The number of aromatic nitrogens is 2. The van der Waals surface area contributed by atoms with Crippen molar-refractivity contribution < 1.29 is 28.4 Å². The van der Waals surface area contributed by atoms with Crippen LogP contribution in [-0.4, -0.2) is 38.3 Å². The molecule has 204 valence electrons. The van der Waals surface area contributed by atoms with E-state index in [1.165, 1.54) is 37.4 Å². The third-order valence-electron chi connectivity index (χ3n) is 5.96. The van der Waals surface area contributed by atoms with Crippen LogP contribution >= 0.6 is 7.60 Å². The predicted octanol–water partition coefficient (Wildman–Crippen LogP) is 3.70. The first-order valence-corrected chi connectivity index (χ1v) is 13.2. The van der Waals surface area contributed by atoms with E-state index in [0.717, 1.165) is 16.7 Å². The fraction of sp³-hybridized carbons (Fsp3) is 0.304. The van der Waals surface area contributed by atoms with E-state index in [1.54, 1.807) is 18.2 Å². The molecule has 0 radical (unpaired) electrons. The third-order valence-corrected chi connectivity index (χ3v) is 7.83. The third kappa shape index (κ3) is 6.25. The standard InChI is InChI=1S/C23H23N6O9P/c1-14-12-28(23(32)25-21(14)30)20-11-18(26-27-24)19(37-20)13-36-39(35,38-17-5-3-2-4-6-17)22(31)15-7-9-16(10-8-15)29(33)34/h2-10,12,18-20,22,31H,11,13H2,1H3,(H,25,30,32)/t18-,19+,20+,22?,39?/m0/s1. The Labute approximate surface area is 219 Å². The molecule has 16 heteroatoms. The highest BCUT2D eigenvalue weighted by Crippen LogP contribution is 2.59. The van der Waals surface area contributed by atoms with Crippen molar-refractivity contribution in [1.29, 1.82) is 0 Å². The van der Waals surface area contributed by atoms with Crippen molar-refractivity contribution >= 4 is 13.3 Å². The van der Waals surface area contributed by atoms with E-state index in [9.17, 15) is 29.4 Å². The number of para-hydroxylation sites is 1. The number of ether oxygens (including phenoxy) is 1. The molecular weight excluding hydrogens is 535 g/mol. The first-order valence-electron chi connectivity index (χ1n) is 11.5. The number of azide groups is 1. The second-order valence-electron chi connectivity index (χ2n) is 8.58. The number of H-pyrrole nitrogens is 1. The molecule has 0 saturated carbocycles. The summed E-state index contributed by atoms with van der Waals surface area (Å²) in [5.41, 5.74) is 7.80. The number of nitro benzene ring substituents is 1. The smallest absolute Gasteiger partial charge is 0.412 e. The number of aliphatic hydroxyl groups excluding tert-OH is 1. The highest BCUT2D eigenvalue weighted by Gasteiger charge is 2.42. The van der Waals surface area contributed by atoms with Crippen LogP contribution in [0.5, 0.6) is 5.75 Å². The zero-order valence-corrected chi connectivity index (χ0v) is 21.3. The van der Waals surface area contributed by atoms with E-state index in [2.05, 4.69) is 15.0 Å². The van der Waals surface area contributed by atoms with E-state index in [4.69, 9.17) is 19.3 Å². The highest BCUT2D eigenvalue weighted by molar-refractivity contribution is 7.54. The maximum Gasteiger partial charge on any atom is 0.412 e. The van der Waals surface area contributed by atoms with Gasteiger partial charge >= 0.3 is 13.3 Å². The largest absolute Gasteiger partial charge is 0.422 e. The minimum absolute atomic E-state index is 0.0342. The molecule has 4 rings (SSSR count). The first-order chi connectivity index (χ1) is 18.6. The van der Waals surface area contributed by atoms with Crippen LogP contribution in [0.15, 0.2) is 75.5 Å². The number of nitrogens with zero attached hydrogens (tertiary/aromatic N) is 5. The molecule has 1 aliphatic rings. The Morgan fingerprint density at radius 3 is 2.62 bits per heavy atom. The van der Waals surface area contributed by atoms with Crippen molar-refractivity contribution in [3.8, 4) is 5.75 Å². The van der Waals surface area contributed by atoms with Gasteiger partial charge in [0.15, 0.2) is 5.85 Å². The molecule has 1 fully saturated rings. The summed E-state index contributed by atoms with van der Waals surface area (Å²) in [5.74, 6) is -1.73. The zero-order valence-electron chi connectivity index (χ0n) is 20.4. The molecule has 2 heterocycles. The van der Waals surface area contributed by atoms with E-state index in [0.29, 0.717) is 0 Å². The lowest BCUT2D eigenvalue weighted by Gasteiger charge is -2.26. The summed E-state index contributed by atoms with van der Waals surface area (Å²) in [7, 11) is -4.45. The van der Waals surface area contributed by atoms with Crippen LogP contribution in [0.1, 0.15) is 29.6 Å². The molecular formula is C23H23N6O9P. The first kappa shape index (κ1) is 27.8. The van der Waals surface area contributed by atoms with E-state index < -0.39 is 54.6 Å². The lowest BCUT2D eigenvalue weighted by Crippen LogP contribution is -2.33. The van der Waals surface area contributed by atoms with Gasteiger partial charge in [0, 0.05) is 35.2 Å². The van der Waals surface area contributed by atoms with Crippen LogP contribution in [-0.2, 0) is 13.8 Å². The molecule has 0 spiro atoms. The average molecular weight is 558 g/mol. The van der Waals surface area contributed by atoms with Crippen LogP contribution in [0.2, 0.25) is 0 Å². The van der Waals surface area contributed by atoms with E-state index in [1.807, 2.05) is 0 Å². The molecule has 2 N–H and O–H groups in total. The van der Waals surface area contributed by atoms with Gasteiger partial charge in [0.1, 0.15) is 12.0 Å². The highest BCUT2D eigenvalue weighted by atomic mass is 31.2. The van der Waals surface area contributed by atoms with Crippen LogP contribution < -0.4 is 15.8 Å². The Kier molecular flexibility index (Phi) is 8.29. The summed E-state index contributed by atoms with van der Waals surface area (Å²) in [6.45, 7) is 1.03. The number of hydrogen-bond donors (Lipinski definition) is 2. The maximum absolute atomic E-state index is 13.9. The molecule has 2 unspecified atom stereocenters. The lowest BCUT2D eigenvalue weighted by molar-refractivity contribution is -0.384. The topological polar surface area (TPSA) is 212 Å². The van der Waals surface area contributed by atoms with Crippen molar-refractivity contribution in [2.45, 2.75) is 37.6 Å². The van der Waals surface area contributed by atoms with Gasteiger partial charge in [0.05, 0.1) is 23.7 Å². The van der Waals surface area contributed by atoms with Crippen molar-refractivity contribution in [3.05, 3.63) is 113 Å². The van der Waals surface area contributed by atoms with Gasteiger partial charge in [-0.15, -0.1) is 0 Å². The molecule has 5 atom stereocenters. The van der Waals surface area contributed by atoms with Crippen LogP contribution in [0.3, 0.4) is 0 Å².